The van der Waals surface area contributed by atoms with Gasteiger partial charge in [0.25, 0.3) is 5.91 Å². The largest absolute Gasteiger partial charge is 0.497 e. The Bertz CT molecular complexity index is 1620. The molecule has 0 aliphatic heterocycles. The second-order valence-electron chi connectivity index (χ2n) is 8.92. The maximum atomic E-state index is 13.0. The van der Waals surface area contributed by atoms with Crippen molar-refractivity contribution in [1.82, 2.24) is 0 Å². The number of methoxy groups -OCH3 is 1. The summed E-state index contributed by atoms with van der Waals surface area (Å²) in [5.74, 6) is -2.37. The SMILES string of the molecule is COc1ccc(C=Cc2ccc(NC(=O)c3ccc(N(C(C)=O)c4ccc(C(=O)O)cc4)cc3)c(C(=O)O)c2)cc1. The van der Waals surface area contributed by atoms with Gasteiger partial charge in [0.05, 0.1) is 23.9 Å². The van der Waals surface area contributed by atoms with Crippen LogP contribution >= 0.6 is 0 Å². The van der Waals surface area contributed by atoms with Crippen LogP contribution in [0.4, 0.5) is 17.1 Å². The molecule has 206 valence electrons. The van der Waals surface area contributed by atoms with Gasteiger partial charge in [0.1, 0.15) is 5.75 Å². The van der Waals surface area contributed by atoms with Crippen molar-refractivity contribution in [3.8, 4) is 5.75 Å². The molecule has 0 radical (unpaired) electrons. The quantitative estimate of drug-likeness (QED) is 0.211. The molecule has 0 aromatic heterocycles. The lowest BCUT2D eigenvalue weighted by Gasteiger charge is -2.21. The number of carbonyl (C=O) groups excluding carboxylic acids is 2. The minimum Gasteiger partial charge on any atom is -0.497 e. The van der Waals surface area contributed by atoms with E-state index >= 15 is 0 Å². The van der Waals surface area contributed by atoms with Gasteiger partial charge in [-0.3, -0.25) is 14.5 Å². The van der Waals surface area contributed by atoms with Crippen molar-refractivity contribution in [3.63, 3.8) is 0 Å². The van der Waals surface area contributed by atoms with Crippen molar-refractivity contribution in [1.29, 1.82) is 0 Å². The summed E-state index contributed by atoms with van der Waals surface area (Å²) < 4.78 is 5.15. The number of carbonyl (C=O) groups is 4. The maximum absolute atomic E-state index is 13.0. The van der Waals surface area contributed by atoms with Crippen LogP contribution in [0.2, 0.25) is 0 Å². The molecular formula is C32H26N2O7. The number of nitrogens with one attached hydrogen (secondary N) is 1. The summed E-state index contributed by atoms with van der Waals surface area (Å²) in [5.41, 5.74) is 2.88. The number of rotatable bonds is 9. The van der Waals surface area contributed by atoms with E-state index < -0.39 is 17.8 Å². The highest BCUT2D eigenvalue weighted by molar-refractivity contribution is 6.08. The van der Waals surface area contributed by atoms with Crippen molar-refractivity contribution in [3.05, 3.63) is 119 Å². The van der Waals surface area contributed by atoms with Crippen LogP contribution in [-0.2, 0) is 4.79 Å². The van der Waals surface area contributed by atoms with Gasteiger partial charge < -0.3 is 20.3 Å². The zero-order valence-electron chi connectivity index (χ0n) is 22.2. The Labute approximate surface area is 235 Å². The molecule has 0 bridgehead atoms. The lowest BCUT2D eigenvalue weighted by Crippen LogP contribution is -2.23. The second kappa shape index (κ2) is 12.4. The van der Waals surface area contributed by atoms with E-state index in [1.54, 1.807) is 31.4 Å². The summed E-state index contributed by atoms with van der Waals surface area (Å²) in [4.78, 5) is 49.8. The molecule has 4 aromatic carbocycles. The average Bonchev–Trinajstić information content (AvgIpc) is 2.97. The Morgan fingerprint density at radius 1 is 0.707 bits per heavy atom. The van der Waals surface area contributed by atoms with Crippen LogP contribution in [0.1, 0.15) is 49.1 Å². The molecule has 0 heterocycles. The molecule has 41 heavy (non-hydrogen) atoms. The zero-order valence-corrected chi connectivity index (χ0v) is 22.2. The fourth-order valence-corrected chi connectivity index (χ4v) is 4.08. The van der Waals surface area contributed by atoms with E-state index in [0.717, 1.165) is 11.3 Å². The molecule has 0 spiro atoms. The maximum Gasteiger partial charge on any atom is 0.337 e. The molecule has 0 atom stereocenters. The molecule has 3 N–H and O–H groups in total. The molecule has 0 unspecified atom stereocenters. The van der Waals surface area contributed by atoms with Crippen molar-refractivity contribution >= 4 is 53.0 Å². The number of hydrogen-bond donors (Lipinski definition) is 3. The lowest BCUT2D eigenvalue weighted by molar-refractivity contribution is -0.115. The number of benzene rings is 4. The monoisotopic (exact) mass is 550 g/mol. The van der Waals surface area contributed by atoms with Gasteiger partial charge in [0.2, 0.25) is 5.91 Å². The third-order valence-electron chi connectivity index (χ3n) is 6.18. The van der Waals surface area contributed by atoms with Crippen molar-refractivity contribution in [2.24, 2.45) is 0 Å². The Balaban J connectivity index is 1.51. The van der Waals surface area contributed by atoms with Crippen LogP contribution in [0.15, 0.2) is 91.0 Å². The fraction of sp³-hybridized carbons (Fsp3) is 0.0625. The number of nitrogens with zero attached hydrogens (tertiary/aromatic N) is 1. The van der Waals surface area contributed by atoms with Crippen LogP contribution in [0.3, 0.4) is 0 Å². The van der Waals surface area contributed by atoms with Gasteiger partial charge in [-0.1, -0.05) is 30.4 Å². The van der Waals surface area contributed by atoms with Crippen LogP contribution in [0.5, 0.6) is 5.75 Å². The molecule has 4 aromatic rings. The summed E-state index contributed by atoms with van der Waals surface area (Å²) >= 11 is 0. The zero-order chi connectivity index (χ0) is 29.5. The van der Waals surface area contributed by atoms with Crippen LogP contribution < -0.4 is 15.0 Å². The van der Waals surface area contributed by atoms with E-state index in [4.69, 9.17) is 9.84 Å². The lowest BCUT2D eigenvalue weighted by atomic mass is 10.1. The fourth-order valence-electron chi connectivity index (χ4n) is 4.08. The first-order chi connectivity index (χ1) is 19.7. The van der Waals surface area contributed by atoms with Gasteiger partial charge in [-0.05, 0) is 83.9 Å². The van der Waals surface area contributed by atoms with Crippen LogP contribution in [0, 0.1) is 0 Å². The molecule has 0 saturated heterocycles. The molecule has 0 fully saturated rings. The van der Waals surface area contributed by atoms with Crippen molar-refractivity contribution < 1.29 is 34.1 Å². The highest BCUT2D eigenvalue weighted by atomic mass is 16.5. The molecule has 0 aliphatic carbocycles. The number of carboxylic acid groups (broad SMARTS) is 2. The first kappa shape index (κ1) is 28.3. The van der Waals surface area contributed by atoms with Crippen molar-refractivity contribution in [2.45, 2.75) is 6.92 Å². The highest BCUT2D eigenvalue weighted by Crippen LogP contribution is 2.27. The Morgan fingerprint density at radius 3 is 1.76 bits per heavy atom. The summed E-state index contributed by atoms with van der Waals surface area (Å²) in [6.45, 7) is 1.37. The Hall–Kier alpha value is -5.70. The van der Waals surface area contributed by atoms with Gasteiger partial charge in [-0.25, -0.2) is 9.59 Å². The first-order valence-electron chi connectivity index (χ1n) is 12.4. The molecule has 0 saturated carbocycles. The van der Waals surface area contributed by atoms with Gasteiger partial charge in [0.15, 0.2) is 0 Å². The number of carboxylic acids is 2. The minimum atomic E-state index is -1.19. The Morgan fingerprint density at radius 2 is 1.24 bits per heavy atom. The van der Waals surface area contributed by atoms with E-state index in [1.165, 1.54) is 60.4 Å². The summed E-state index contributed by atoms with van der Waals surface area (Å²) in [7, 11) is 1.59. The summed E-state index contributed by atoms with van der Waals surface area (Å²) in [5, 5.41) is 21.5. The topological polar surface area (TPSA) is 133 Å². The molecule has 2 amide bonds. The number of hydrogen-bond acceptors (Lipinski definition) is 5. The third kappa shape index (κ3) is 6.85. The van der Waals surface area contributed by atoms with E-state index in [2.05, 4.69) is 5.32 Å². The summed E-state index contributed by atoms with van der Waals surface area (Å²) in [6, 6.07) is 24.1. The normalized spacial score (nSPS) is 10.7. The summed E-state index contributed by atoms with van der Waals surface area (Å²) in [6.07, 6.45) is 3.61. The van der Waals surface area contributed by atoms with Gasteiger partial charge in [-0.15, -0.1) is 0 Å². The van der Waals surface area contributed by atoms with E-state index in [-0.39, 0.29) is 28.3 Å². The van der Waals surface area contributed by atoms with Crippen molar-refractivity contribution in [2.75, 3.05) is 17.3 Å². The predicted octanol–water partition coefficient (Wildman–Crippen LogP) is 6.20. The van der Waals surface area contributed by atoms with E-state index in [9.17, 15) is 24.3 Å². The number of anilines is 3. The molecular weight excluding hydrogens is 524 g/mol. The molecule has 4 rings (SSSR count). The molecule has 0 aliphatic rings. The predicted molar refractivity (Wildman–Crippen MR) is 156 cm³/mol. The van der Waals surface area contributed by atoms with E-state index in [1.807, 2.05) is 30.3 Å². The second-order valence-corrected chi connectivity index (χ2v) is 8.92. The first-order valence-corrected chi connectivity index (χ1v) is 12.4. The van der Waals surface area contributed by atoms with Gasteiger partial charge in [0, 0.05) is 23.9 Å². The number of ether oxygens (including phenoxy) is 1. The van der Waals surface area contributed by atoms with Gasteiger partial charge >= 0.3 is 11.9 Å². The Kier molecular flexibility index (Phi) is 8.59. The number of aromatic carboxylic acids is 2. The van der Waals surface area contributed by atoms with E-state index in [0.29, 0.717) is 16.9 Å². The smallest absolute Gasteiger partial charge is 0.337 e. The number of amides is 2. The van der Waals surface area contributed by atoms with Crippen LogP contribution in [0.25, 0.3) is 12.2 Å². The third-order valence-corrected chi connectivity index (χ3v) is 6.18. The van der Waals surface area contributed by atoms with Gasteiger partial charge in [-0.2, -0.15) is 0 Å². The molecule has 9 nitrogen and oxygen atoms in total. The standard InChI is InChI=1S/C32H26N2O7/c1-20(35)34(26-14-10-24(11-15-26)31(37)38)25-12-8-23(9-13-25)30(36)33-29-18-7-22(19-28(29)32(39)40)4-3-21-5-16-27(41-2)17-6-21/h3-19H,1-2H3,(H,33,36)(H,37,38)(H,39,40). The highest BCUT2D eigenvalue weighted by Gasteiger charge is 2.17. The average molecular weight is 551 g/mol. The minimum absolute atomic E-state index is 0.0700. The molecule has 9 heteroatoms. The van der Waals surface area contributed by atoms with Crippen LogP contribution in [-0.4, -0.2) is 41.1 Å².